The molecule has 3 unspecified atom stereocenters. The molecule has 1 fully saturated rings. The van der Waals surface area contributed by atoms with Crippen LogP contribution in [0.3, 0.4) is 0 Å². The minimum Gasteiger partial charge on any atom is -0.481 e. The molecule has 3 N–H and O–H groups in total. The summed E-state index contributed by atoms with van der Waals surface area (Å²) in [6.45, 7) is 2.69. The zero-order valence-electron chi connectivity index (χ0n) is 11.0. The molecule has 18 heavy (non-hydrogen) atoms. The van der Waals surface area contributed by atoms with Gasteiger partial charge in [-0.1, -0.05) is 0 Å². The second-order valence-corrected chi connectivity index (χ2v) is 4.79. The molecule has 0 saturated carbocycles. The van der Waals surface area contributed by atoms with Gasteiger partial charge in [-0.2, -0.15) is 0 Å². The molecule has 6 nitrogen and oxygen atoms in total. The van der Waals surface area contributed by atoms with Crippen molar-refractivity contribution in [1.29, 1.82) is 0 Å². The number of nitrogens with two attached hydrogens (primary N) is 1. The van der Waals surface area contributed by atoms with Crippen LogP contribution >= 0.6 is 0 Å². The van der Waals surface area contributed by atoms with Gasteiger partial charge in [0, 0.05) is 26.2 Å². The maximum absolute atomic E-state index is 12.1. The minimum atomic E-state index is -0.773. The van der Waals surface area contributed by atoms with Crippen LogP contribution in [0.15, 0.2) is 0 Å². The van der Waals surface area contributed by atoms with E-state index in [9.17, 15) is 9.59 Å². The van der Waals surface area contributed by atoms with E-state index in [1.54, 1.807) is 4.90 Å². The van der Waals surface area contributed by atoms with Crippen molar-refractivity contribution in [3.8, 4) is 0 Å². The third kappa shape index (κ3) is 3.68. The first-order valence-corrected chi connectivity index (χ1v) is 6.24. The molecule has 0 bridgehead atoms. The number of carbonyl (C=O) groups is 2. The summed E-state index contributed by atoms with van der Waals surface area (Å²) in [5.74, 6) is -1.12. The Labute approximate surface area is 107 Å². The molecule has 0 aromatic heterocycles. The number of carbonyl (C=O) groups excluding carboxylic acids is 1. The lowest BCUT2D eigenvalue weighted by atomic mass is 9.91. The van der Waals surface area contributed by atoms with Gasteiger partial charge < -0.3 is 20.5 Å². The number of likely N-dealkylation sites (tertiary alicyclic amines) is 1. The van der Waals surface area contributed by atoms with Crippen LogP contribution in [0.5, 0.6) is 0 Å². The normalized spacial score (nSPS) is 25.8. The fourth-order valence-electron chi connectivity index (χ4n) is 2.34. The first-order chi connectivity index (χ1) is 8.49. The van der Waals surface area contributed by atoms with Gasteiger partial charge >= 0.3 is 5.97 Å². The van der Waals surface area contributed by atoms with Gasteiger partial charge in [-0.05, 0) is 19.8 Å². The van der Waals surface area contributed by atoms with Crippen LogP contribution in [0.2, 0.25) is 0 Å². The van der Waals surface area contributed by atoms with Crippen molar-refractivity contribution in [3.05, 3.63) is 0 Å². The van der Waals surface area contributed by atoms with E-state index in [4.69, 9.17) is 15.6 Å². The number of aliphatic carboxylic acids is 1. The van der Waals surface area contributed by atoms with Gasteiger partial charge in [0.1, 0.15) is 0 Å². The van der Waals surface area contributed by atoms with Gasteiger partial charge in [0.25, 0.3) is 0 Å². The SMILES string of the molecule is COC(CN)CC(=O)N1CCC(C(=O)O)CC1C. The van der Waals surface area contributed by atoms with Crippen molar-refractivity contribution in [2.75, 3.05) is 20.2 Å². The Kier molecular flexibility index (Phi) is 5.55. The number of rotatable bonds is 5. The molecule has 0 spiro atoms. The number of carboxylic acids is 1. The van der Waals surface area contributed by atoms with Crippen LogP contribution in [0, 0.1) is 5.92 Å². The number of nitrogens with zero attached hydrogens (tertiary/aromatic N) is 1. The molecule has 104 valence electrons. The quantitative estimate of drug-likeness (QED) is 0.727. The summed E-state index contributed by atoms with van der Waals surface area (Å²) >= 11 is 0. The Morgan fingerprint density at radius 1 is 1.56 bits per heavy atom. The summed E-state index contributed by atoms with van der Waals surface area (Å²) < 4.78 is 5.09. The van der Waals surface area contributed by atoms with Crippen molar-refractivity contribution in [2.24, 2.45) is 11.7 Å². The smallest absolute Gasteiger partial charge is 0.306 e. The van der Waals surface area contributed by atoms with Gasteiger partial charge in [0.05, 0.1) is 18.4 Å². The second-order valence-electron chi connectivity index (χ2n) is 4.79. The highest BCUT2D eigenvalue weighted by molar-refractivity contribution is 5.78. The molecule has 0 aliphatic carbocycles. The molecule has 3 atom stereocenters. The summed E-state index contributed by atoms with van der Waals surface area (Å²) in [6.07, 6.45) is 1.03. The standard InChI is InChI=1S/C12H22N2O4/c1-8-5-9(12(16)17)3-4-14(8)11(15)6-10(7-13)18-2/h8-10H,3-7,13H2,1-2H3,(H,16,17). The predicted octanol–water partition coefficient (Wildman–Crippen LogP) is 0.0619. The third-order valence-electron chi connectivity index (χ3n) is 3.54. The van der Waals surface area contributed by atoms with Crippen LogP contribution in [0.25, 0.3) is 0 Å². The van der Waals surface area contributed by atoms with Gasteiger partial charge in [-0.3, -0.25) is 9.59 Å². The van der Waals surface area contributed by atoms with Crippen molar-refractivity contribution in [2.45, 2.75) is 38.3 Å². The maximum atomic E-state index is 12.1. The Balaban J connectivity index is 2.52. The molecule has 1 aliphatic heterocycles. The van der Waals surface area contributed by atoms with Gasteiger partial charge in [-0.25, -0.2) is 0 Å². The number of ether oxygens (including phenoxy) is 1. The zero-order chi connectivity index (χ0) is 13.7. The van der Waals surface area contributed by atoms with Crippen molar-refractivity contribution < 1.29 is 19.4 Å². The largest absolute Gasteiger partial charge is 0.481 e. The molecule has 1 aliphatic rings. The molecule has 6 heteroatoms. The van der Waals surface area contributed by atoms with Gasteiger partial charge in [0.2, 0.25) is 5.91 Å². The number of piperidine rings is 1. The lowest BCUT2D eigenvalue weighted by Gasteiger charge is -2.36. The number of hydrogen-bond donors (Lipinski definition) is 2. The predicted molar refractivity (Wildman–Crippen MR) is 66.0 cm³/mol. The number of methoxy groups -OCH3 is 1. The Hall–Kier alpha value is -1.14. The average Bonchev–Trinajstić information content (AvgIpc) is 2.35. The number of hydrogen-bond acceptors (Lipinski definition) is 4. The number of carboxylic acid groups (broad SMARTS) is 1. The topological polar surface area (TPSA) is 92.9 Å². The highest BCUT2D eigenvalue weighted by Gasteiger charge is 2.32. The molecule has 1 rings (SSSR count). The van der Waals surface area contributed by atoms with Crippen LogP contribution in [-0.4, -0.2) is 54.2 Å². The minimum absolute atomic E-state index is 0.0105. The van der Waals surface area contributed by atoms with Gasteiger partial charge in [0.15, 0.2) is 0 Å². The molecule has 1 heterocycles. The second kappa shape index (κ2) is 6.70. The van der Waals surface area contributed by atoms with E-state index in [1.165, 1.54) is 7.11 Å². The molecule has 0 aromatic carbocycles. The zero-order valence-corrected chi connectivity index (χ0v) is 11.0. The molecule has 1 amide bonds. The molecular formula is C12H22N2O4. The first-order valence-electron chi connectivity index (χ1n) is 6.24. The van der Waals surface area contributed by atoms with Crippen molar-refractivity contribution in [3.63, 3.8) is 0 Å². The van der Waals surface area contributed by atoms with Crippen LogP contribution in [0.4, 0.5) is 0 Å². The summed E-state index contributed by atoms with van der Waals surface area (Å²) in [7, 11) is 1.53. The highest BCUT2D eigenvalue weighted by Crippen LogP contribution is 2.23. The summed E-state index contributed by atoms with van der Waals surface area (Å²) in [5, 5.41) is 8.96. The monoisotopic (exact) mass is 258 g/mol. The molecule has 1 saturated heterocycles. The molecule has 0 radical (unpaired) electrons. The van der Waals surface area contributed by atoms with Crippen LogP contribution < -0.4 is 5.73 Å². The molecular weight excluding hydrogens is 236 g/mol. The Morgan fingerprint density at radius 2 is 2.22 bits per heavy atom. The molecule has 0 aromatic rings. The van der Waals surface area contributed by atoms with E-state index < -0.39 is 5.97 Å². The van der Waals surface area contributed by atoms with Crippen LogP contribution in [-0.2, 0) is 14.3 Å². The van der Waals surface area contributed by atoms with E-state index in [1.807, 2.05) is 6.92 Å². The van der Waals surface area contributed by atoms with Crippen molar-refractivity contribution in [1.82, 2.24) is 4.90 Å². The van der Waals surface area contributed by atoms with E-state index in [0.717, 1.165) is 0 Å². The first kappa shape index (κ1) is 14.9. The summed E-state index contributed by atoms with van der Waals surface area (Å²) in [6, 6.07) is -0.0392. The summed E-state index contributed by atoms with van der Waals surface area (Å²) in [4.78, 5) is 24.7. The summed E-state index contributed by atoms with van der Waals surface area (Å²) in [5.41, 5.74) is 5.48. The van der Waals surface area contributed by atoms with Crippen LogP contribution in [0.1, 0.15) is 26.2 Å². The maximum Gasteiger partial charge on any atom is 0.306 e. The van der Waals surface area contributed by atoms with E-state index in [2.05, 4.69) is 0 Å². The van der Waals surface area contributed by atoms with E-state index >= 15 is 0 Å². The fourth-order valence-corrected chi connectivity index (χ4v) is 2.34. The lowest BCUT2D eigenvalue weighted by molar-refractivity contribution is -0.148. The number of amides is 1. The highest BCUT2D eigenvalue weighted by atomic mass is 16.5. The van der Waals surface area contributed by atoms with E-state index in [0.29, 0.717) is 25.9 Å². The average molecular weight is 258 g/mol. The Morgan fingerprint density at radius 3 is 2.67 bits per heavy atom. The van der Waals surface area contributed by atoms with Gasteiger partial charge in [-0.15, -0.1) is 0 Å². The van der Waals surface area contributed by atoms with Crippen molar-refractivity contribution >= 4 is 11.9 Å². The fraction of sp³-hybridized carbons (Fsp3) is 0.833. The Bertz CT molecular complexity index is 304. The third-order valence-corrected chi connectivity index (χ3v) is 3.54. The van der Waals surface area contributed by atoms with E-state index in [-0.39, 0.29) is 30.4 Å². The lowest BCUT2D eigenvalue weighted by Crippen LogP contribution is -2.47.